The summed E-state index contributed by atoms with van der Waals surface area (Å²) in [6.45, 7) is 7.91. The molecule has 0 aromatic rings. The van der Waals surface area contributed by atoms with Crippen LogP contribution in [0.15, 0.2) is 0 Å². The van der Waals surface area contributed by atoms with Gasteiger partial charge in [0.25, 0.3) is 0 Å². The Kier molecular flexibility index (Phi) is 6.27. The third kappa shape index (κ3) is 6.72. The predicted octanol–water partition coefficient (Wildman–Crippen LogP) is 1.08. The minimum Gasteiger partial charge on any atom is -0.383 e. The minimum absolute atomic E-state index is 0.0658. The lowest BCUT2D eigenvalue weighted by Crippen LogP contribution is -2.51. The third-order valence-corrected chi connectivity index (χ3v) is 2.98. The highest BCUT2D eigenvalue weighted by Crippen LogP contribution is 2.26. The van der Waals surface area contributed by atoms with Crippen molar-refractivity contribution in [2.75, 3.05) is 41.3 Å². The Morgan fingerprint density at radius 1 is 1.21 bits per heavy atom. The summed E-state index contributed by atoms with van der Waals surface area (Å²) in [4.78, 5) is 4.23. The standard InChI is InChI=1S/C13H29BN2O3/c1-11-8-13(2,3)19-14(17-11)18-12(9-15(4)5)10-16(6)7/h11-12H,8-10H2,1-7H3. The van der Waals surface area contributed by atoms with Gasteiger partial charge in [-0.1, -0.05) is 0 Å². The molecule has 1 unspecified atom stereocenters. The molecule has 6 heteroatoms. The maximum atomic E-state index is 5.99. The summed E-state index contributed by atoms with van der Waals surface area (Å²) >= 11 is 0. The fourth-order valence-electron chi connectivity index (χ4n) is 2.44. The zero-order valence-electron chi connectivity index (χ0n) is 13.5. The Morgan fingerprint density at radius 2 is 1.74 bits per heavy atom. The molecule has 0 radical (unpaired) electrons. The molecule has 0 aromatic carbocycles. The van der Waals surface area contributed by atoms with E-state index in [-0.39, 0.29) is 17.8 Å². The van der Waals surface area contributed by atoms with Crippen molar-refractivity contribution in [3.8, 4) is 0 Å². The molecule has 1 fully saturated rings. The van der Waals surface area contributed by atoms with Crippen molar-refractivity contribution < 1.29 is 14.0 Å². The van der Waals surface area contributed by atoms with Gasteiger partial charge in [-0.3, -0.25) is 0 Å². The van der Waals surface area contributed by atoms with Crippen molar-refractivity contribution >= 4 is 7.32 Å². The fraction of sp³-hybridized carbons (Fsp3) is 1.00. The van der Waals surface area contributed by atoms with Crippen molar-refractivity contribution in [1.29, 1.82) is 0 Å². The number of hydrogen-bond donors (Lipinski definition) is 0. The Bertz CT molecular complexity index is 262. The molecule has 1 aliphatic rings. The smallest absolute Gasteiger partial charge is 0.383 e. The highest BCUT2D eigenvalue weighted by Gasteiger charge is 2.40. The first kappa shape index (κ1) is 16.9. The Morgan fingerprint density at radius 3 is 2.16 bits per heavy atom. The summed E-state index contributed by atoms with van der Waals surface area (Å²) in [5.41, 5.74) is -0.191. The average Bonchev–Trinajstić information content (AvgIpc) is 2.10. The second kappa shape index (κ2) is 7.04. The molecular formula is C13H29BN2O3. The van der Waals surface area contributed by atoms with Crippen LogP contribution in [0.5, 0.6) is 0 Å². The van der Waals surface area contributed by atoms with Crippen LogP contribution in [0.25, 0.3) is 0 Å². The topological polar surface area (TPSA) is 34.2 Å². The van der Waals surface area contributed by atoms with Gasteiger partial charge in [0.15, 0.2) is 0 Å². The lowest BCUT2D eigenvalue weighted by Gasteiger charge is -2.38. The van der Waals surface area contributed by atoms with Gasteiger partial charge in [-0.2, -0.15) is 0 Å². The van der Waals surface area contributed by atoms with Crippen LogP contribution < -0.4 is 0 Å². The lowest BCUT2D eigenvalue weighted by molar-refractivity contribution is -0.0824. The van der Waals surface area contributed by atoms with Gasteiger partial charge in [-0.25, -0.2) is 0 Å². The predicted molar refractivity (Wildman–Crippen MR) is 78.1 cm³/mol. The molecule has 19 heavy (non-hydrogen) atoms. The van der Waals surface area contributed by atoms with E-state index in [1.807, 2.05) is 28.2 Å². The second-order valence-electron chi connectivity index (χ2n) is 6.60. The molecule has 0 aromatic heterocycles. The SMILES string of the molecule is CC1CC(C)(C)OB(OC(CN(C)C)CN(C)C)O1. The quantitative estimate of drug-likeness (QED) is 0.676. The fourth-order valence-corrected chi connectivity index (χ4v) is 2.44. The number of likely N-dealkylation sites (N-methyl/N-ethyl adjacent to an activating group) is 2. The number of rotatable bonds is 6. The van der Waals surface area contributed by atoms with Gasteiger partial charge in [0.05, 0.1) is 11.7 Å². The molecule has 0 spiro atoms. The molecule has 1 saturated heterocycles. The van der Waals surface area contributed by atoms with Crippen molar-refractivity contribution in [2.24, 2.45) is 0 Å². The number of nitrogens with zero attached hydrogens (tertiary/aromatic N) is 2. The normalized spacial score (nSPS) is 23.7. The average molecular weight is 272 g/mol. The summed E-state index contributed by atoms with van der Waals surface area (Å²) in [6.07, 6.45) is 1.11. The number of hydrogen-bond acceptors (Lipinski definition) is 5. The van der Waals surface area contributed by atoms with Crippen molar-refractivity contribution in [1.82, 2.24) is 9.80 Å². The van der Waals surface area contributed by atoms with Gasteiger partial charge in [0.1, 0.15) is 0 Å². The molecular weight excluding hydrogens is 243 g/mol. The van der Waals surface area contributed by atoms with Crippen LogP contribution in [-0.4, -0.2) is 76.2 Å². The van der Waals surface area contributed by atoms with Gasteiger partial charge in [0.2, 0.25) is 0 Å². The van der Waals surface area contributed by atoms with Crippen LogP contribution in [0.1, 0.15) is 27.2 Å². The maximum Gasteiger partial charge on any atom is 0.640 e. The summed E-state index contributed by atoms with van der Waals surface area (Å²) in [5.74, 6) is 0. The molecule has 112 valence electrons. The van der Waals surface area contributed by atoms with Crippen LogP contribution in [-0.2, 0) is 14.0 Å². The van der Waals surface area contributed by atoms with Gasteiger partial charge in [-0.05, 0) is 55.4 Å². The molecule has 1 atom stereocenters. The molecule has 0 amide bonds. The first-order valence-electron chi connectivity index (χ1n) is 6.96. The van der Waals surface area contributed by atoms with Crippen LogP contribution in [0.2, 0.25) is 0 Å². The van der Waals surface area contributed by atoms with E-state index in [0.717, 1.165) is 19.5 Å². The lowest BCUT2D eigenvalue weighted by atomic mass is 9.94. The summed E-state index contributed by atoms with van der Waals surface area (Å²) in [6, 6.07) is 0. The van der Waals surface area contributed by atoms with E-state index in [1.165, 1.54) is 0 Å². The molecule has 0 aliphatic carbocycles. The Labute approximate surface area is 118 Å². The summed E-state index contributed by atoms with van der Waals surface area (Å²) < 4.78 is 17.6. The zero-order chi connectivity index (χ0) is 14.6. The van der Waals surface area contributed by atoms with Crippen LogP contribution in [0.4, 0.5) is 0 Å². The van der Waals surface area contributed by atoms with E-state index in [0.29, 0.717) is 0 Å². The van der Waals surface area contributed by atoms with Gasteiger partial charge >= 0.3 is 7.32 Å². The van der Waals surface area contributed by atoms with E-state index in [1.54, 1.807) is 0 Å². The summed E-state index contributed by atoms with van der Waals surface area (Å²) in [5, 5.41) is 0. The molecule has 1 rings (SSSR count). The van der Waals surface area contributed by atoms with Gasteiger partial charge in [-0.15, -0.1) is 0 Å². The third-order valence-electron chi connectivity index (χ3n) is 2.98. The van der Waals surface area contributed by atoms with E-state index >= 15 is 0 Å². The van der Waals surface area contributed by atoms with E-state index in [4.69, 9.17) is 14.0 Å². The Hall–Kier alpha value is -0.135. The zero-order valence-corrected chi connectivity index (χ0v) is 13.5. The van der Waals surface area contributed by atoms with Crippen molar-refractivity contribution in [3.63, 3.8) is 0 Å². The van der Waals surface area contributed by atoms with E-state index in [9.17, 15) is 0 Å². The molecule has 0 saturated carbocycles. The highest BCUT2D eigenvalue weighted by atomic mass is 16.8. The molecule has 1 aliphatic heterocycles. The monoisotopic (exact) mass is 272 g/mol. The minimum atomic E-state index is -0.566. The molecule has 0 N–H and O–H groups in total. The van der Waals surface area contributed by atoms with E-state index in [2.05, 4.69) is 30.6 Å². The highest BCUT2D eigenvalue weighted by molar-refractivity contribution is 6.36. The maximum absolute atomic E-state index is 5.99. The summed E-state index contributed by atoms with van der Waals surface area (Å²) in [7, 11) is 7.61. The van der Waals surface area contributed by atoms with E-state index < -0.39 is 7.32 Å². The van der Waals surface area contributed by atoms with Crippen LogP contribution >= 0.6 is 0 Å². The molecule has 1 heterocycles. The Balaban J connectivity index is 2.56. The first-order valence-corrected chi connectivity index (χ1v) is 6.96. The van der Waals surface area contributed by atoms with Crippen molar-refractivity contribution in [3.05, 3.63) is 0 Å². The molecule has 5 nitrogen and oxygen atoms in total. The largest absolute Gasteiger partial charge is 0.640 e. The van der Waals surface area contributed by atoms with Crippen LogP contribution in [0, 0.1) is 0 Å². The van der Waals surface area contributed by atoms with Crippen LogP contribution in [0.3, 0.4) is 0 Å². The van der Waals surface area contributed by atoms with Crippen molar-refractivity contribution in [2.45, 2.75) is 45.0 Å². The second-order valence-corrected chi connectivity index (χ2v) is 6.60. The van der Waals surface area contributed by atoms with Gasteiger partial charge < -0.3 is 23.8 Å². The molecule has 0 bridgehead atoms. The van der Waals surface area contributed by atoms with Gasteiger partial charge in [0, 0.05) is 19.2 Å². The first-order chi connectivity index (χ1) is 8.68.